The minimum Gasteiger partial charge on any atom is -0.379 e. The van der Waals surface area contributed by atoms with Crippen LogP contribution in [0, 0.1) is 7.11 Å². The quantitative estimate of drug-likeness (QED) is 0.612. The van der Waals surface area contributed by atoms with Gasteiger partial charge in [-0.3, -0.25) is 0 Å². The van der Waals surface area contributed by atoms with Crippen LogP contribution >= 0.6 is 0 Å². The van der Waals surface area contributed by atoms with Crippen molar-refractivity contribution in [1.29, 1.82) is 0 Å². The van der Waals surface area contributed by atoms with E-state index in [4.69, 9.17) is 4.74 Å². The molecular weight excluding hydrogens is 156 g/mol. The Labute approximate surface area is 71.7 Å². The molecule has 0 N–H and O–H groups in total. The van der Waals surface area contributed by atoms with Crippen LogP contribution in [0.25, 0.3) is 0 Å². The molecule has 1 rings (SSSR count). The summed E-state index contributed by atoms with van der Waals surface area (Å²) >= 11 is 0. The second-order valence-electron chi connectivity index (χ2n) is 2.69. The largest absolute Gasteiger partial charge is 0.379 e. The molecule has 1 atom stereocenters. The molecule has 1 aromatic rings. The number of rotatable bonds is 5. The monoisotopic (exact) mass is 169 g/mol. The number of ether oxygens (including phenoxy) is 1. The first kappa shape index (κ1) is 9.12. The zero-order chi connectivity index (χ0) is 8.81. The Balaban J connectivity index is 2.25. The Morgan fingerprint density at radius 2 is 2.50 bits per heavy atom. The summed E-state index contributed by atoms with van der Waals surface area (Å²) < 4.78 is 6.44. The summed E-state index contributed by atoms with van der Waals surface area (Å²) in [7, 11) is 3.30. The molecule has 0 aliphatic carbocycles. The van der Waals surface area contributed by atoms with Crippen LogP contribution in [0.5, 0.6) is 0 Å². The van der Waals surface area contributed by atoms with E-state index < -0.39 is 0 Å². The third-order valence-electron chi connectivity index (χ3n) is 1.73. The summed E-state index contributed by atoms with van der Waals surface area (Å²) in [5.74, 6) is 0. The molecule has 0 spiro atoms. The Morgan fingerprint density at radius 3 is 3.08 bits per heavy atom. The van der Waals surface area contributed by atoms with Gasteiger partial charge in [0.1, 0.15) is 6.33 Å². The van der Waals surface area contributed by atoms with Crippen molar-refractivity contribution in [2.75, 3.05) is 6.61 Å². The third kappa shape index (κ3) is 2.58. The second kappa shape index (κ2) is 4.82. The van der Waals surface area contributed by atoms with E-state index in [1.807, 2.05) is 0 Å². The molecule has 12 heavy (non-hydrogen) atoms. The van der Waals surface area contributed by atoms with E-state index in [0.717, 1.165) is 12.8 Å². The first-order valence-corrected chi connectivity index (χ1v) is 3.94. The maximum Gasteiger partial charge on any atom is 0.138 e. The minimum absolute atomic E-state index is 0.329. The Kier molecular flexibility index (Phi) is 3.66. The van der Waals surface area contributed by atoms with E-state index in [1.54, 1.807) is 11.0 Å². The number of nitrogens with zero attached hydrogens (tertiary/aromatic N) is 4. The summed E-state index contributed by atoms with van der Waals surface area (Å²) in [6, 6.07) is 0.329. The van der Waals surface area contributed by atoms with Gasteiger partial charge in [-0.2, -0.15) is 0 Å². The normalized spacial score (nSPS) is 13.2. The van der Waals surface area contributed by atoms with Crippen LogP contribution in [-0.2, 0) is 4.74 Å². The zero-order valence-electron chi connectivity index (χ0n) is 7.18. The van der Waals surface area contributed by atoms with E-state index in [0.29, 0.717) is 12.6 Å². The highest BCUT2D eigenvalue weighted by Gasteiger charge is 2.04. The molecule has 0 saturated carbocycles. The molecule has 1 heterocycles. The van der Waals surface area contributed by atoms with Gasteiger partial charge >= 0.3 is 0 Å². The van der Waals surface area contributed by atoms with E-state index in [2.05, 4.69) is 29.6 Å². The number of hydrogen-bond acceptors (Lipinski definition) is 4. The molecule has 0 fully saturated rings. The van der Waals surface area contributed by atoms with Crippen LogP contribution in [0.4, 0.5) is 0 Å². The van der Waals surface area contributed by atoms with Crippen LogP contribution in [0.2, 0.25) is 0 Å². The average Bonchev–Trinajstić information content (AvgIpc) is 2.56. The van der Waals surface area contributed by atoms with Gasteiger partial charge < -0.3 is 4.74 Å². The molecule has 0 aliphatic rings. The number of tetrazole rings is 1. The highest BCUT2D eigenvalue weighted by Crippen LogP contribution is 2.09. The lowest BCUT2D eigenvalue weighted by Crippen LogP contribution is -2.06. The van der Waals surface area contributed by atoms with Gasteiger partial charge in [-0.1, -0.05) is 0 Å². The summed E-state index contributed by atoms with van der Waals surface area (Å²) in [5, 5.41) is 10.9. The molecule has 67 valence electrons. The van der Waals surface area contributed by atoms with Gasteiger partial charge in [0.25, 0.3) is 0 Å². The molecule has 0 amide bonds. The first-order valence-electron chi connectivity index (χ1n) is 3.94. The summed E-state index contributed by atoms with van der Waals surface area (Å²) in [4.78, 5) is 0. The van der Waals surface area contributed by atoms with Gasteiger partial charge in [0.05, 0.1) is 13.2 Å². The van der Waals surface area contributed by atoms with Crippen LogP contribution in [0.15, 0.2) is 6.33 Å². The van der Waals surface area contributed by atoms with E-state index in [1.165, 1.54) is 0 Å². The fourth-order valence-electron chi connectivity index (χ4n) is 0.983. The van der Waals surface area contributed by atoms with Gasteiger partial charge in [-0.05, 0) is 30.2 Å². The van der Waals surface area contributed by atoms with Crippen molar-refractivity contribution in [1.82, 2.24) is 20.2 Å². The predicted octanol–water partition coefficient (Wildman–Crippen LogP) is 0.822. The molecule has 0 aromatic carbocycles. The van der Waals surface area contributed by atoms with Crippen LogP contribution < -0.4 is 0 Å². The highest BCUT2D eigenvalue weighted by molar-refractivity contribution is 4.59. The fraction of sp³-hybridized carbons (Fsp3) is 0.714. The van der Waals surface area contributed by atoms with Crippen LogP contribution in [0.3, 0.4) is 0 Å². The van der Waals surface area contributed by atoms with Gasteiger partial charge in [0, 0.05) is 6.61 Å². The van der Waals surface area contributed by atoms with E-state index in [9.17, 15) is 0 Å². The smallest absolute Gasteiger partial charge is 0.138 e. The molecule has 0 saturated heterocycles. The van der Waals surface area contributed by atoms with Crippen molar-refractivity contribution in [3.63, 3.8) is 0 Å². The summed E-state index contributed by atoms with van der Waals surface area (Å²) in [6.45, 7) is 2.76. The molecule has 5 heteroatoms. The van der Waals surface area contributed by atoms with Crippen molar-refractivity contribution in [3.8, 4) is 0 Å². The maximum atomic E-state index is 4.70. The highest BCUT2D eigenvalue weighted by atomic mass is 16.5. The lowest BCUT2D eigenvalue weighted by Gasteiger charge is -2.08. The Hall–Kier alpha value is -0.970. The van der Waals surface area contributed by atoms with Crippen molar-refractivity contribution < 1.29 is 4.74 Å². The second-order valence-corrected chi connectivity index (χ2v) is 2.69. The van der Waals surface area contributed by atoms with Crippen LogP contribution in [-0.4, -0.2) is 26.8 Å². The molecule has 1 radical (unpaired) electrons. The van der Waals surface area contributed by atoms with Gasteiger partial charge in [0.2, 0.25) is 0 Å². The number of hydrogen-bond donors (Lipinski definition) is 0. The predicted molar refractivity (Wildman–Crippen MR) is 43.1 cm³/mol. The molecule has 1 unspecified atom stereocenters. The number of aromatic nitrogens is 4. The Bertz CT molecular complexity index is 199. The van der Waals surface area contributed by atoms with Crippen molar-refractivity contribution in [2.24, 2.45) is 0 Å². The molecule has 0 bridgehead atoms. The minimum atomic E-state index is 0.329. The Morgan fingerprint density at radius 1 is 1.67 bits per heavy atom. The molecule has 5 nitrogen and oxygen atoms in total. The van der Waals surface area contributed by atoms with Gasteiger partial charge in [0.15, 0.2) is 0 Å². The van der Waals surface area contributed by atoms with Crippen molar-refractivity contribution in [3.05, 3.63) is 13.4 Å². The summed E-state index contributed by atoms with van der Waals surface area (Å²) in [6.07, 6.45) is 3.60. The van der Waals surface area contributed by atoms with Crippen molar-refractivity contribution >= 4 is 0 Å². The topological polar surface area (TPSA) is 52.8 Å². The van der Waals surface area contributed by atoms with E-state index >= 15 is 0 Å². The molecular formula is C7H13N4O. The lowest BCUT2D eigenvalue weighted by atomic mass is 10.2. The van der Waals surface area contributed by atoms with E-state index in [-0.39, 0.29) is 0 Å². The molecule has 0 aliphatic heterocycles. The van der Waals surface area contributed by atoms with Crippen LogP contribution in [0.1, 0.15) is 25.8 Å². The first-order chi connectivity index (χ1) is 5.84. The van der Waals surface area contributed by atoms with Gasteiger partial charge in [-0.25, -0.2) is 4.68 Å². The van der Waals surface area contributed by atoms with Crippen molar-refractivity contribution in [2.45, 2.75) is 25.8 Å². The van der Waals surface area contributed by atoms with Gasteiger partial charge in [-0.15, -0.1) is 5.10 Å². The zero-order valence-corrected chi connectivity index (χ0v) is 7.18. The average molecular weight is 169 g/mol. The lowest BCUT2D eigenvalue weighted by molar-refractivity contribution is 0.226. The maximum absolute atomic E-state index is 4.70. The third-order valence-corrected chi connectivity index (χ3v) is 1.73. The SMILES string of the molecule is [CH2]OCCCC(C)n1cnnn1. The molecule has 1 aromatic heterocycles. The standard InChI is InChI=1S/C7H13N4O/c1-7(4-3-5-12-2)11-6-8-9-10-11/h6-7H,2-5H2,1H3. The fourth-order valence-corrected chi connectivity index (χ4v) is 0.983. The summed E-state index contributed by atoms with van der Waals surface area (Å²) in [5.41, 5.74) is 0.